The predicted molar refractivity (Wildman–Crippen MR) is 109 cm³/mol. The van der Waals surface area contributed by atoms with Crippen LogP contribution in [0.4, 0.5) is 17.1 Å². The fourth-order valence-electron chi connectivity index (χ4n) is 2.74. The molecule has 3 rings (SSSR count). The highest BCUT2D eigenvalue weighted by molar-refractivity contribution is 6.37. The lowest BCUT2D eigenvalue weighted by Crippen LogP contribution is -2.36. The minimum Gasteiger partial charge on any atom is -0.452 e. The summed E-state index contributed by atoms with van der Waals surface area (Å²) >= 11 is 11.8. The summed E-state index contributed by atoms with van der Waals surface area (Å²) in [4.78, 5) is 26.4. The van der Waals surface area contributed by atoms with Gasteiger partial charge in [0.2, 0.25) is 0 Å². The summed E-state index contributed by atoms with van der Waals surface area (Å²) < 4.78 is 10.3. The first-order valence-electron chi connectivity index (χ1n) is 8.58. The number of nitrogen functional groups attached to an aromatic ring is 1. The molecule has 0 bridgehead atoms. The van der Waals surface area contributed by atoms with E-state index in [0.29, 0.717) is 18.9 Å². The number of benzene rings is 2. The van der Waals surface area contributed by atoms with E-state index >= 15 is 0 Å². The number of amides is 1. The maximum absolute atomic E-state index is 12.1. The molecule has 148 valence electrons. The number of anilines is 3. The lowest BCUT2D eigenvalue weighted by atomic mass is 10.2. The maximum Gasteiger partial charge on any atom is 0.340 e. The van der Waals surface area contributed by atoms with Crippen LogP contribution in [0.2, 0.25) is 10.0 Å². The third kappa shape index (κ3) is 5.07. The van der Waals surface area contributed by atoms with Crippen molar-refractivity contribution in [3.63, 3.8) is 0 Å². The molecular weight excluding hydrogens is 405 g/mol. The third-order valence-corrected chi connectivity index (χ3v) is 4.71. The number of hydrogen-bond donors (Lipinski definition) is 2. The molecule has 1 fully saturated rings. The summed E-state index contributed by atoms with van der Waals surface area (Å²) in [5.41, 5.74) is 7.48. The zero-order chi connectivity index (χ0) is 20.1. The molecule has 3 N–H and O–H groups in total. The Balaban J connectivity index is 1.53. The number of carbonyl (C=O) groups excluding carboxylic acids is 2. The Labute approximate surface area is 172 Å². The van der Waals surface area contributed by atoms with Crippen LogP contribution < -0.4 is 16.0 Å². The maximum atomic E-state index is 12.1. The fourth-order valence-corrected chi connectivity index (χ4v) is 3.23. The van der Waals surface area contributed by atoms with Crippen LogP contribution in [0.15, 0.2) is 36.4 Å². The Morgan fingerprint density at radius 3 is 2.50 bits per heavy atom. The van der Waals surface area contributed by atoms with Gasteiger partial charge in [0, 0.05) is 29.5 Å². The van der Waals surface area contributed by atoms with Crippen LogP contribution >= 0.6 is 23.2 Å². The molecule has 1 amide bonds. The van der Waals surface area contributed by atoms with Crippen LogP contribution in [0, 0.1) is 0 Å². The highest BCUT2D eigenvalue weighted by atomic mass is 35.5. The Hall–Kier alpha value is -2.48. The van der Waals surface area contributed by atoms with Gasteiger partial charge >= 0.3 is 5.97 Å². The summed E-state index contributed by atoms with van der Waals surface area (Å²) in [7, 11) is 0. The minimum atomic E-state index is -0.778. The molecule has 9 heteroatoms. The number of morpholine rings is 1. The van der Waals surface area contributed by atoms with Crippen LogP contribution in [0.25, 0.3) is 0 Å². The average molecular weight is 424 g/mol. The Morgan fingerprint density at radius 1 is 1.14 bits per heavy atom. The Morgan fingerprint density at radius 2 is 1.82 bits per heavy atom. The molecule has 1 aliphatic rings. The highest BCUT2D eigenvalue weighted by Gasteiger charge is 2.17. The largest absolute Gasteiger partial charge is 0.452 e. The zero-order valence-electron chi connectivity index (χ0n) is 14.9. The first-order valence-corrected chi connectivity index (χ1v) is 9.34. The SMILES string of the molecule is Nc1c(Cl)cc(Cl)cc1C(=O)OCC(=O)Nc1ccc(N2CCOCC2)cc1. The lowest BCUT2D eigenvalue weighted by molar-refractivity contribution is -0.119. The van der Waals surface area contributed by atoms with Gasteiger partial charge < -0.3 is 25.4 Å². The van der Waals surface area contributed by atoms with E-state index in [2.05, 4.69) is 10.2 Å². The Kier molecular flexibility index (Phi) is 6.61. The predicted octanol–water partition coefficient (Wildman–Crippen LogP) is 3.21. The first kappa shape index (κ1) is 20.3. The summed E-state index contributed by atoms with van der Waals surface area (Å²) in [5.74, 6) is -1.25. The van der Waals surface area contributed by atoms with E-state index in [4.69, 9.17) is 38.4 Å². The van der Waals surface area contributed by atoms with Crippen molar-refractivity contribution in [1.29, 1.82) is 0 Å². The fraction of sp³-hybridized carbons (Fsp3) is 0.263. The van der Waals surface area contributed by atoms with Crippen LogP contribution in [-0.2, 0) is 14.3 Å². The van der Waals surface area contributed by atoms with Gasteiger partial charge in [-0.3, -0.25) is 4.79 Å². The van der Waals surface area contributed by atoms with Gasteiger partial charge in [-0.25, -0.2) is 4.79 Å². The molecule has 1 aliphatic heterocycles. The van der Waals surface area contributed by atoms with Crippen molar-refractivity contribution in [2.45, 2.75) is 0 Å². The van der Waals surface area contributed by atoms with E-state index in [1.807, 2.05) is 12.1 Å². The first-order chi connectivity index (χ1) is 13.4. The van der Waals surface area contributed by atoms with Crippen molar-refractivity contribution in [3.05, 3.63) is 52.0 Å². The van der Waals surface area contributed by atoms with Crippen molar-refractivity contribution < 1.29 is 19.1 Å². The van der Waals surface area contributed by atoms with E-state index in [9.17, 15) is 9.59 Å². The number of nitrogens with one attached hydrogen (secondary N) is 1. The standard InChI is InChI=1S/C19H19Cl2N3O4/c20-12-9-15(18(22)16(21)10-12)19(26)28-11-17(25)23-13-1-3-14(4-2-13)24-5-7-27-8-6-24/h1-4,9-10H,5-8,11,22H2,(H,23,25). The molecule has 7 nitrogen and oxygen atoms in total. The van der Waals surface area contributed by atoms with Crippen molar-refractivity contribution in [2.75, 3.05) is 48.9 Å². The van der Waals surface area contributed by atoms with Gasteiger partial charge in [0.05, 0.1) is 29.5 Å². The van der Waals surface area contributed by atoms with E-state index in [1.165, 1.54) is 12.1 Å². The molecule has 1 heterocycles. The molecule has 0 atom stereocenters. The molecule has 0 aliphatic carbocycles. The molecule has 28 heavy (non-hydrogen) atoms. The third-order valence-electron chi connectivity index (χ3n) is 4.18. The molecule has 1 saturated heterocycles. The molecule has 0 radical (unpaired) electrons. The monoisotopic (exact) mass is 423 g/mol. The number of ether oxygens (including phenoxy) is 2. The van der Waals surface area contributed by atoms with Gasteiger partial charge in [-0.1, -0.05) is 23.2 Å². The van der Waals surface area contributed by atoms with Crippen LogP contribution in [-0.4, -0.2) is 44.8 Å². The number of esters is 1. The van der Waals surface area contributed by atoms with E-state index in [0.717, 1.165) is 18.8 Å². The van der Waals surface area contributed by atoms with Gasteiger partial charge in [-0.05, 0) is 36.4 Å². The molecule has 0 unspecified atom stereocenters. The summed E-state index contributed by atoms with van der Waals surface area (Å²) in [6.07, 6.45) is 0. The smallest absolute Gasteiger partial charge is 0.340 e. The zero-order valence-corrected chi connectivity index (χ0v) is 16.4. The van der Waals surface area contributed by atoms with Gasteiger partial charge in [0.15, 0.2) is 6.61 Å². The van der Waals surface area contributed by atoms with Crippen molar-refractivity contribution >= 4 is 52.1 Å². The molecule has 2 aromatic carbocycles. The van der Waals surface area contributed by atoms with Crippen molar-refractivity contribution in [1.82, 2.24) is 0 Å². The van der Waals surface area contributed by atoms with Crippen molar-refractivity contribution in [2.24, 2.45) is 0 Å². The topological polar surface area (TPSA) is 93.9 Å². The van der Waals surface area contributed by atoms with Crippen molar-refractivity contribution in [3.8, 4) is 0 Å². The van der Waals surface area contributed by atoms with Gasteiger partial charge in [0.1, 0.15) is 0 Å². The number of hydrogen-bond acceptors (Lipinski definition) is 6. The Bertz CT molecular complexity index is 868. The normalized spacial score (nSPS) is 13.9. The molecule has 0 spiro atoms. The van der Waals surface area contributed by atoms with Gasteiger partial charge in [-0.15, -0.1) is 0 Å². The highest BCUT2D eigenvalue weighted by Crippen LogP contribution is 2.28. The molecular formula is C19H19Cl2N3O4. The van der Waals surface area contributed by atoms with Crippen LogP contribution in [0.5, 0.6) is 0 Å². The minimum absolute atomic E-state index is 0.0140. The number of nitrogens with two attached hydrogens (primary N) is 1. The second-order valence-corrected chi connectivity index (χ2v) is 6.96. The van der Waals surface area contributed by atoms with Gasteiger partial charge in [0.25, 0.3) is 5.91 Å². The van der Waals surface area contributed by atoms with E-state index in [1.54, 1.807) is 12.1 Å². The second kappa shape index (κ2) is 9.14. The van der Waals surface area contributed by atoms with Crippen LogP contribution in [0.3, 0.4) is 0 Å². The summed E-state index contributed by atoms with van der Waals surface area (Å²) in [6, 6.07) is 10.2. The number of halogens is 2. The number of rotatable bonds is 5. The average Bonchev–Trinajstić information content (AvgIpc) is 2.70. The second-order valence-electron chi connectivity index (χ2n) is 6.12. The number of nitrogens with zero attached hydrogens (tertiary/aromatic N) is 1. The van der Waals surface area contributed by atoms with E-state index in [-0.39, 0.29) is 21.3 Å². The molecule has 0 aromatic heterocycles. The van der Waals surface area contributed by atoms with Gasteiger partial charge in [-0.2, -0.15) is 0 Å². The summed E-state index contributed by atoms with van der Waals surface area (Å²) in [5, 5.41) is 3.06. The number of carbonyl (C=O) groups is 2. The quantitative estimate of drug-likeness (QED) is 0.566. The summed E-state index contributed by atoms with van der Waals surface area (Å²) in [6.45, 7) is 2.60. The van der Waals surface area contributed by atoms with E-state index < -0.39 is 18.5 Å². The molecule has 0 saturated carbocycles. The molecule has 2 aromatic rings. The lowest BCUT2D eigenvalue weighted by Gasteiger charge is -2.28. The van der Waals surface area contributed by atoms with Crippen LogP contribution in [0.1, 0.15) is 10.4 Å².